The minimum Gasteiger partial charge on any atom is -0.497 e. The van der Waals surface area contributed by atoms with Gasteiger partial charge in [-0.1, -0.05) is 84.9 Å². The van der Waals surface area contributed by atoms with Gasteiger partial charge in [-0.2, -0.15) is 0 Å². The van der Waals surface area contributed by atoms with Crippen molar-refractivity contribution in [1.82, 2.24) is 9.13 Å². The van der Waals surface area contributed by atoms with E-state index >= 15 is 0 Å². The lowest BCUT2D eigenvalue weighted by Gasteiger charge is -2.38. The summed E-state index contributed by atoms with van der Waals surface area (Å²) in [4.78, 5) is 26.8. The van der Waals surface area contributed by atoms with Gasteiger partial charge < -0.3 is 33.9 Å². The molecule has 11 nitrogen and oxygen atoms in total. The predicted molar refractivity (Wildman–Crippen MR) is 190 cm³/mol. The normalized spacial score (nSPS) is 18.8. The van der Waals surface area contributed by atoms with Gasteiger partial charge in [0.25, 0.3) is 5.56 Å². The maximum atomic E-state index is 13.7. The van der Waals surface area contributed by atoms with Crippen LogP contribution in [0.2, 0.25) is 0 Å². The highest BCUT2D eigenvalue weighted by atomic mass is 16.6. The van der Waals surface area contributed by atoms with Gasteiger partial charge in [-0.25, -0.2) is 9.36 Å². The molecule has 3 atom stereocenters. The molecule has 5 aromatic rings. The third-order valence-electron chi connectivity index (χ3n) is 9.36. The second-order valence-corrected chi connectivity index (χ2v) is 12.6. The van der Waals surface area contributed by atoms with Crippen molar-refractivity contribution in [2.45, 2.75) is 50.2 Å². The Morgan fingerprint density at radius 1 is 0.824 bits per heavy atom. The average molecular weight is 695 g/mol. The summed E-state index contributed by atoms with van der Waals surface area (Å²) in [6.45, 7) is 0.678. The molecule has 0 unspecified atom stereocenters. The van der Waals surface area contributed by atoms with E-state index in [1.807, 2.05) is 109 Å². The summed E-state index contributed by atoms with van der Waals surface area (Å²) >= 11 is 0. The molecular formula is C40H42N2O9. The Kier molecular flexibility index (Phi) is 10.8. The number of hydrogen-bond acceptors (Lipinski definition) is 9. The first-order valence-electron chi connectivity index (χ1n) is 16.6. The molecule has 0 saturated carbocycles. The average Bonchev–Trinajstić information content (AvgIpc) is 3.52. The fourth-order valence-corrected chi connectivity index (χ4v) is 6.51. The lowest BCUT2D eigenvalue weighted by atomic mass is 9.79. The van der Waals surface area contributed by atoms with E-state index in [4.69, 9.17) is 23.7 Å². The zero-order valence-corrected chi connectivity index (χ0v) is 28.8. The lowest BCUT2D eigenvalue weighted by molar-refractivity contribution is -0.132. The number of ether oxygens (including phenoxy) is 5. The summed E-state index contributed by atoms with van der Waals surface area (Å²) in [6, 6.07) is 34.1. The number of aryl methyl sites for hydroxylation is 1. The highest BCUT2D eigenvalue weighted by molar-refractivity contribution is 5.49. The highest BCUT2D eigenvalue weighted by Gasteiger charge is 2.50. The molecule has 2 heterocycles. The Balaban J connectivity index is 1.34. The first kappa shape index (κ1) is 35.8. The van der Waals surface area contributed by atoms with Gasteiger partial charge in [0.1, 0.15) is 41.8 Å². The molecule has 6 rings (SSSR count). The smallest absolute Gasteiger partial charge is 0.335 e. The van der Waals surface area contributed by atoms with Crippen molar-refractivity contribution in [2.75, 3.05) is 27.4 Å². The molecule has 0 bridgehead atoms. The third-order valence-corrected chi connectivity index (χ3v) is 9.36. The van der Waals surface area contributed by atoms with E-state index in [1.165, 1.54) is 10.8 Å². The van der Waals surface area contributed by atoms with Crippen LogP contribution in [0.15, 0.2) is 125 Å². The van der Waals surface area contributed by atoms with Gasteiger partial charge in [-0.05, 0) is 53.4 Å². The van der Waals surface area contributed by atoms with Crippen LogP contribution in [-0.4, -0.2) is 58.5 Å². The number of nitrogens with zero attached hydrogens (tertiary/aromatic N) is 2. The SMILES string of the molecule is COc1ccc(C(OC[C@H]2O[C@@H](n3cc(C)c(=O)n(COCc4ccccc4)c3=O)C[C@@]2(O)CO)(c2ccccc2)c2ccc(OC)cc2)cc1. The van der Waals surface area contributed by atoms with Crippen LogP contribution >= 0.6 is 0 Å². The van der Waals surface area contributed by atoms with E-state index in [0.29, 0.717) is 11.5 Å². The highest BCUT2D eigenvalue weighted by Crippen LogP contribution is 2.44. The Labute approximate surface area is 295 Å². The van der Waals surface area contributed by atoms with Gasteiger partial charge >= 0.3 is 5.69 Å². The van der Waals surface area contributed by atoms with Crippen molar-refractivity contribution in [3.63, 3.8) is 0 Å². The van der Waals surface area contributed by atoms with Crippen molar-refractivity contribution < 1.29 is 33.9 Å². The van der Waals surface area contributed by atoms with Crippen LogP contribution in [0, 0.1) is 6.92 Å². The quantitative estimate of drug-likeness (QED) is 0.161. The summed E-state index contributed by atoms with van der Waals surface area (Å²) < 4.78 is 32.2. The van der Waals surface area contributed by atoms with E-state index in [1.54, 1.807) is 21.1 Å². The second kappa shape index (κ2) is 15.5. The van der Waals surface area contributed by atoms with Crippen LogP contribution in [-0.2, 0) is 33.1 Å². The molecule has 266 valence electrons. The number of hydrogen-bond donors (Lipinski definition) is 2. The van der Waals surface area contributed by atoms with Crippen molar-refractivity contribution in [3.05, 3.63) is 164 Å². The molecule has 1 fully saturated rings. The molecule has 0 spiro atoms. The van der Waals surface area contributed by atoms with Crippen molar-refractivity contribution in [3.8, 4) is 11.5 Å². The van der Waals surface area contributed by atoms with Crippen LogP contribution in [0.3, 0.4) is 0 Å². The van der Waals surface area contributed by atoms with Crippen molar-refractivity contribution in [1.29, 1.82) is 0 Å². The summed E-state index contributed by atoms with van der Waals surface area (Å²) in [5.41, 5.74) is -0.629. The Hall–Kier alpha value is -5.04. The fourth-order valence-electron chi connectivity index (χ4n) is 6.51. The third kappa shape index (κ3) is 7.25. The van der Waals surface area contributed by atoms with E-state index in [9.17, 15) is 19.8 Å². The van der Waals surface area contributed by atoms with Crippen LogP contribution in [0.5, 0.6) is 11.5 Å². The maximum absolute atomic E-state index is 13.7. The summed E-state index contributed by atoms with van der Waals surface area (Å²) in [6.07, 6.45) is -0.818. The first-order valence-corrected chi connectivity index (χ1v) is 16.6. The molecular weight excluding hydrogens is 652 g/mol. The minimum absolute atomic E-state index is 0.136. The first-order chi connectivity index (χ1) is 24.7. The molecule has 1 aliphatic heterocycles. The lowest BCUT2D eigenvalue weighted by Crippen LogP contribution is -2.46. The Bertz CT molecular complexity index is 1970. The number of aromatic nitrogens is 2. The minimum atomic E-state index is -1.79. The maximum Gasteiger partial charge on any atom is 0.335 e. The van der Waals surface area contributed by atoms with Crippen LogP contribution in [0.25, 0.3) is 0 Å². The summed E-state index contributed by atoms with van der Waals surface area (Å²) in [5.74, 6) is 1.33. The van der Waals surface area contributed by atoms with Crippen molar-refractivity contribution in [2.24, 2.45) is 0 Å². The van der Waals surface area contributed by atoms with E-state index < -0.39 is 41.4 Å². The Morgan fingerprint density at radius 3 is 1.92 bits per heavy atom. The molecule has 0 radical (unpaired) electrons. The van der Waals surface area contributed by atoms with Gasteiger partial charge in [-0.15, -0.1) is 0 Å². The monoisotopic (exact) mass is 694 g/mol. The number of methoxy groups -OCH3 is 2. The predicted octanol–water partition coefficient (Wildman–Crippen LogP) is 4.53. The molecule has 1 aromatic heterocycles. The molecule has 0 aliphatic carbocycles. The standard InChI is InChI=1S/C40H42N2O9/c1-28-23-41(38(45)42(37(28)44)27-49-24-29-10-6-4-7-11-29)36-22-39(46,26-43)35(51-36)25-50-40(30-12-8-5-9-13-30,31-14-18-33(47-2)19-15-31)32-16-20-34(48-3)21-17-32/h4-21,23,35-36,43,46H,22,24-27H2,1-3H3/t35-,36-,39-/m1/s1. The van der Waals surface area contributed by atoms with Crippen molar-refractivity contribution >= 4 is 0 Å². The van der Waals surface area contributed by atoms with Gasteiger partial charge in [0, 0.05) is 18.2 Å². The van der Waals surface area contributed by atoms with Crippen LogP contribution in [0.4, 0.5) is 0 Å². The molecule has 4 aromatic carbocycles. The van der Waals surface area contributed by atoms with Crippen LogP contribution < -0.4 is 20.7 Å². The van der Waals surface area contributed by atoms with Gasteiger partial charge in [-0.3, -0.25) is 9.36 Å². The second-order valence-electron chi connectivity index (χ2n) is 12.6. The molecule has 11 heteroatoms. The van der Waals surface area contributed by atoms with Crippen LogP contribution in [0.1, 0.15) is 40.5 Å². The number of rotatable bonds is 14. The number of aliphatic hydroxyl groups is 2. The summed E-state index contributed by atoms with van der Waals surface area (Å²) in [7, 11) is 3.19. The molecule has 2 N–H and O–H groups in total. The van der Waals surface area contributed by atoms with Gasteiger partial charge in [0.2, 0.25) is 0 Å². The fraction of sp³-hybridized carbons (Fsp3) is 0.300. The molecule has 1 saturated heterocycles. The van der Waals surface area contributed by atoms with E-state index in [2.05, 4.69) is 0 Å². The largest absolute Gasteiger partial charge is 0.497 e. The zero-order chi connectivity index (χ0) is 36.0. The number of aliphatic hydroxyl groups excluding tert-OH is 1. The molecule has 0 amide bonds. The van der Waals surface area contributed by atoms with Gasteiger partial charge in [0.05, 0.1) is 34.0 Å². The van der Waals surface area contributed by atoms with Gasteiger partial charge in [0.15, 0.2) is 0 Å². The van der Waals surface area contributed by atoms with E-state index in [-0.39, 0.29) is 31.9 Å². The zero-order valence-electron chi connectivity index (χ0n) is 28.8. The topological polar surface area (TPSA) is 131 Å². The number of benzene rings is 4. The Morgan fingerprint density at radius 2 is 1.37 bits per heavy atom. The van der Waals surface area contributed by atoms with E-state index in [0.717, 1.165) is 26.8 Å². The molecule has 1 aliphatic rings. The molecule has 51 heavy (non-hydrogen) atoms. The summed E-state index contributed by atoms with van der Waals surface area (Å²) in [5, 5.41) is 22.3.